The Hall–Kier alpha value is -1.37. The number of methoxy groups -OCH3 is 1. The normalized spacial score (nSPS) is 9.89. The molecular formula is C11H13ClN2O3S. The lowest BCUT2D eigenvalue weighted by Gasteiger charge is -2.11. The molecule has 0 heterocycles. The Balaban J connectivity index is 2.62. The monoisotopic (exact) mass is 288 g/mol. The number of aromatic carboxylic acids is 1. The molecule has 0 radical (unpaired) electrons. The van der Waals surface area contributed by atoms with E-state index in [1.54, 1.807) is 13.2 Å². The summed E-state index contributed by atoms with van der Waals surface area (Å²) in [6, 6.07) is 4.38. The molecule has 0 atom stereocenters. The highest BCUT2D eigenvalue weighted by atomic mass is 35.5. The van der Waals surface area contributed by atoms with Crippen molar-refractivity contribution < 1.29 is 14.6 Å². The van der Waals surface area contributed by atoms with Crippen LogP contribution >= 0.6 is 23.8 Å². The lowest BCUT2D eigenvalue weighted by Crippen LogP contribution is -2.31. The van der Waals surface area contributed by atoms with Crippen LogP contribution in [0.2, 0.25) is 5.02 Å². The second-order valence-corrected chi connectivity index (χ2v) is 4.19. The van der Waals surface area contributed by atoms with Gasteiger partial charge >= 0.3 is 5.97 Å². The molecule has 1 aromatic rings. The second kappa shape index (κ2) is 7.15. The van der Waals surface area contributed by atoms with Gasteiger partial charge in [0.05, 0.1) is 22.9 Å². The molecule has 0 aliphatic rings. The first kappa shape index (κ1) is 14.7. The van der Waals surface area contributed by atoms with Crippen LogP contribution < -0.4 is 10.6 Å². The SMILES string of the molecule is COCCNC(=S)Nc1ccc(C(=O)O)cc1Cl. The van der Waals surface area contributed by atoms with Gasteiger partial charge in [-0.1, -0.05) is 11.6 Å². The molecule has 0 fully saturated rings. The lowest BCUT2D eigenvalue weighted by molar-refractivity contribution is 0.0697. The van der Waals surface area contributed by atoms with Gasteiger partial charge in [0, 0.05) is 13.7 Å². The van der Waals surface area contributed by atoms with Gasteiger partial charge in [-0.25, -0.2) is 4.79 Å². The van der Waals surface area contributed by atoms with Gasteiger partial charge in [-0.05, 0) is 30.4 Å². The summed E-state index contributed by atoms with van der Waals surface area (Å²) < 4.78 is 4.87. The van der Waals surface area contributed by atoms with Crippen molar-refractivity contribution in [2.24, 2.45) is 0 Å². The van der Waals surface area contributed by atoms with Gasteiger partial charge in [0.25, 0.3) is 0 Å². The van der Waals surface area contributed by atoms with Crippen LogP contribution in [0, 0.1) is 0 Å². The second-order valence-electron chi connectivity index (χ2n) is 3.37. The van der Waals surface area contributed by atoms with Crippen LogP contribution in [0.25, 0.3) is 0 Å². The zero-order chi connectivity index (χ0) is 13.5. The molecule has 1 rings (SSSR count). The predicted molar refractivity (Wildman–Crippen MR) is 74.5 cm³/mol. The Kier molecular flexibility index (Phi) is 5.84. The highest BCUT2D eigenvalue weighted by molar-refractivity contribution is 7.80. The number of carboxylic acid groups (broad SMARTS) is 1. The number of ether oxygens (including phenoxy) is 1. The quantitative estimate of drug-likeness (QED) is 0.568. The molecule has 98 valence electrons. The van der Waals surface area contributed by atoms with Crippen molar-refractivity contribution in [3.63, 3.8) is 0 Å². The number of anilines is 1. The van der Waals surface area contributed by atoms with Crippen LogP contribution in [0.3, 0.4) is 0 Å². The largest absolute Gasteiger partial charge is 0.478 e. The highest BCUT2D eigenvalue weighted by Gasteiger charge is 2.07. The van der Waals surface area contributed by atoms with Crippen LogP contribution in [0.1, 0.15) is 10.4 Å². The van der Waals surface area contributed by atoms with E-state index in [1.807, 2.05) is 0 Å². The van der Waals surface area contributed by atoms with Gasteiger partial charge in [-0.15, -0.1) is 0 Å². The maximum absolute atomic E-state index is 10.7. The summed E-state index contributed by atoms with van der Waals surface area (Å²) in [7, 11) is 1.60. The fraction of sp³-hybridized carbons (Fsp3) is 0.273. The van der Waals surface area contributed by atoms with E-state index < -0.39 is 5.97 Å². The van der Waals surface area contributed by atoms with E-state index in [0.29, 0.717) is 29.0 Å². The molecule has 0 spiro atoms. The summed E-state index contributed by atoms with van der Waals surface area (Å²) in [5.41, 5.74) is 0.681. The van der Waals surface area contributed by atoms with Crippen molar-refractivity contribution in [3.8, 4) is 0 Å². The van der Waals surface area contributed by atoms with Gasteiger partial charge < -0.3 is 20.5 Å². The minimum absolute atomic E-state index is 0.129. The van der Waals surface area contributed by atoms with Crippen molar-refractivity contribution in [1.82, 2.24) is 5.32 Å². The molecule has 3 N–H and O–H groups in total. The number of hydrogen-bond acceptors (Lipinski definition) is 3. The maximum atomic E-state index is 10.7. The Morgan fingerprint density at radius 3 is 2.83 bits per heavy atom. The average Bonchev–Trinajstić information content (AvgIpc) is 2.32. The highest BCUT2D eigenvalue weighted by Crippen LogP contribution is 2.22. The predicted octanol–water partition coefficient (Wildman–Crippen LogP) is 1.97. The number of thiocarbonyl (C=S) groups is 1. The standard InChI is InChI=1S/C11H13ClN2O3S/c1-17-5-4-13-11(18)14-9-3-2-7(10(15)16)6-8(9)12/h2-3,6H,4-5H2,1H3,(H,15,16)(H2,13,14,18). The molecule has 0 amide bonds. The van der Waals surface area contributed by atoms with E-state index in [2.05, 4.69) is 10.6 Å². The first-order valence-corrected chi connectivity index (χ1v) is 5.90. The molecule has 0 saturated carbocycles. The van der Waals surface area contributed by atoms with Crippen LogP contribution in [-0.4, -0.2) is 36.4 Å². The van der Waals surface area contributed by atoms with Crippen molar-refractivity contribution >= 4 is 40.6 Å². The Bertz CT molecular complexity index is 454. The number of halogens is 1. The molecule has 5 nitrogen and oxygen atoms in total. The molecule has 0 aromatic heterocycles. The van der Waals surface area contributed by atoms with E-state index in [-0.39, 0.29) is 5.56 Å². The van der Waals surface area contributed by atoms with Crippen LogP contribution in [0.4, 0.5) is 5.69 Å². The van der Waals surface area contributed by atoms with Crippen molar-refractivity contribution in [2.45, 2.75) is 0 Å². The van der Waals surface area contributed by atoms with E-state index in [9.17, 15) is 4.79 Å². The molecule has 1 aromatic carbocycles. The fourth-order valence-electron chi connectivity index (χ4n) is 1.18. The van der Waals surface area contributed by atoms with Crippen molar-refractivity contribution in [1.29, 1.82) is 0 Å². The summed E-state index contributed by atoms with van der Waals surface area (Å²) in [6.07, 6.45) is 0. The van der Waals surface area contributed by atoms with Gasteiger partial charge in [0.1, 0.15) is 0 Å². The summed E-state index contributed by atoms with van der Waals surface area (Å²) in [5.74, 6) is -1.02. The zero-order valence-corrected chi connectivity index (χ0v) is 11.3. The lowest BCUT2D eigenvalue weighted by atomic mass is 10.2. The van der Waals surface area contributed by atoms with E-state index in [0.717, 1.165) is 0 Å². The first-order chi connectivity index (χ1) is 8.54. The zero-order valence-electron chi connectivity index (χ0n) is 9.70. The van der Waals surface area contributed by atoms with Crippen LogP contribution in [0.15, 0.2) is 18.2 Å². The molecular weight excluding hydrogens is 276 g/mol. The minimum atomic E-state index is -1.02. The van der Waals surface area contributed by atoms with Gasteiger partial charge in [0.15, 0.2) is 5.11 Å². The third-order valence-corrected chi connectivity index (χ3v) is 2.62. The van der Waals surface area contributed by atoms with Gasteiger partial charge in [-0.2, -0.15) is 0 Å². The number of rotatable bonds is 5. The molecule has 18 heavy (non-hydrogen) atoms. The molecule has 0 bridgehead atoms. The fourth-order valence-corrected chi connectivity index (χ4v) is 1.62. The van der Waals surface area contributed by atoms with Crippen LogP contribution in [-0.2, 0) is 4.74 Å². The van der Waals surface area contributed by atoms with E-state index >= 15 is 0 Å². The summed E-state index contributed by atoms with van der Waals surface area (Å²) >= 11 is 11.0. The summed E-state index contributed by atoms with van der Waals surface area (Å²) in [5, 5.41) is 15.3. The Morgan fingerprint density at radius 2 is 2.28 bits per heavy atom. The summed E-state index contributed by atoms with van der Waals surface area (Å²) in [6.45, 7) is 1.11. The topological polar surface area (TPSA) is 70.6 Å². The Morgan fingerprint density at radius 1 is 1.56 bits per heavy atom. The van der Waals surface area contributed by atoms with Gasteiger partial charge in [-0.3, -0.25) is 0 Å². The third-order valence-electron chi connectivity index (χ3n) is 2.06. The Labute approximate surface area is 115 Å². The van der Waals surface area contributed by atoms with Crippen molar-refractivity contribution in [3.05, 3.63) is 28.8 Å². The number of hydrogen-bond donors (Lipinski definition) is 3. The molecule has 0 aliphatic carbocycles. The molecule has 7 heteroatoms. The smallest absolute Gasteiger partial charge is 0.335 e. The van der Waals surface area contributed by atoms with E-state index in [4.69, 9.17) is 33.7 Å². The van der Waals surface area contributed by atoms with E-state index in [1.165, 1.54) is 12.1 Å². The number of carbonyl (C=O) groups is 1. The average molecular weight is 289 g/mol. The summed E-state index contributed by atoms with van der Waals surface area (Å²) in [4.78, 5) is 10.7. The third kappa shape index (κ3) is 4.48. The minimum Gasteiger partial charge on any atom is -0.478 e. The van der Waals surface area contributed by atoms with Crippen molar-refractivity contribution in [2.75, 3.05) is 25.6 Å². The number of nitrogens with one attached hydrogen (secondary N) is 2. The molecule has 0 unspecified atom stereocenters. The molecule has 0 aliphatic heterocycles. The van der Waals surface area contributed by atoms with Gasteiger partial charge in [0.2, 0.25) is 0 Å². The first-order valence-electron chi connectivity index (χ1n) is 5.11. The number of benzene rings is 1. The van der Waals surface area contributed by atoms with Crippen LogP contribution in [0.5, 0.6) is 0 Å². The molecule has 0 saturated heterocycles. The number of carboxylic acids is 1. The maximum Gasteiger partial charge on any atom is 0.335 e.